The number of pyridine rings is 1. The van der Waals surface area contributed by atoms with Crippen molar-refractivity contribution in [1.29, 1.82) is 0 Å². The number of ether oxygens (including phenoxy) is 3. The fraction of sp³-hybridized carbons (Fsp3) is 0.361. The van der Waals surface area contributed by atoms with Crippen LogP contribution in [-0.4, -0.2) is 75.5 Å². The summed E-state index contributed by atoms with van der Waals surface area (Å²) < 4.78 is 70.1. The molecule has 264 valence electrons. The minimum Gasteiger partial charge on any atom is -0.493 e. The van der Waals surface area contributed by atoms with E-state index in [9.17, 15) is 22.4 Å². The summed E-state index contributed by atoms with van der Waals surface area (Å²) in [5.74, 6) is -0.971. The number of sulfone groups is 1. The average Bonchev–Trinajstić information content (AvgIpc) is 3.91. The number of nitrogens with one attached hydrogen (secondary N) is 2. The van der Waals surface area contributed by atoms with Gasteiger partial charge < -0.3 is 29.7 Å². The lowest BCUT2D eigenvalue weighted by Crippen LogP contribution is -2.38. The number of aromatic nitrogens is 1. The molecule has 2 N–H and O–H groups in total. The molecule has 11 nitrogen and oxygen atoms in total. The molecule has 1 aromatic heterocycles. The number of rotatable bonds is 13. The Morgan fingerprint density at radius 3 is 2.34 bits per heavy atom. The predicted molar refractivity (Wildman–Crippen MR) is 184 cm³/mol. The predicted octanol–water partition coefficient (Wildman–Crippen LogP) is 5.81. The lowest BCUT2D eigenvalue weighted by Gasteiger charge is -2.31. The van der Waals surface area contributed by atoms with Crippen molar-refractivity contribution >= 4 is 43.9 Å². The summed E-state index contributed by atoms with van der Waals surface area (Å²) >= 11 is 0. The van der Waals surface area contributed by atoms with Gasteiger partial charge in [0.15, 0.2) is 23.1 Å². The smallest absolute Gasteiger partial charge is 0.240 e. The Bertz CT molecular complexity index is 2020. The molecule has 6 rings (SSSR count). The number of para-hydroxylation sites is 1. The van der Waals surface area contributed by atoms with Crippen molar-refractivity contribution in [2.75, 3.05) is 56.0 Å². The minimum atomic E-state index is -3.00. The van der Waals surface area contributed by atoms with Crippen LogP contribution in [0.1, 0.15) is 25.7 Å². The van der Waals surface area contributed by atoms with Crippen molar-refractivity contribution in [3.8, 4) is 23.0 Å². The van der Waals surface area contributed by atoms with Gasteiger partial charge in [-0.15, -0.1) is 0 Å². The minimum absolute atomic E-state index is 0.0215. The fourth-order valence-electron chi connectivity index (χ4n) is 5.89. The Kier molecular flexibility index (Phi) is 10.2. The molecule has 0 atom stereocenters. The molecule has 1 aliphatic carbocycles. The summed E-state index contributed by atoms with van der Waals surface area (Å²) in [4.78, 5) is 32.5. The number of likely N-dealkylation sites (tertiary alicyclic amines) is 1. The highest BCUT2D eigenvalue weighted by Crippen LogP contribution is 2.48. The molecule has 2 amide bonds. The van der Waals surface area contributed by atoms with Gasteiger partial charge in [-0.2, -0.15) is 0 Å². The molecule has 3 aromatic carbocycles. The molecule has 1 saturated carbocycles. The molecule has 0 bridgehead atoms. The van der Waals surface area contributed by atoms with E-state index in [-0.39, 0.29) is 35.7 Å². The second-order valence-electron chi connectivity index (χ2n) is 12.8. The highest BCUT2D eigenvalue weighted by Gasteiger charge is 2.56. The van der Waals surface area contributed by atoms with Gasteiger partial charge in [0.25, 0.3) is 0 Å². The number of amides is 2. The number of nitrogens with zero attached hydrogens (tertiary/aromatic N) is 2. The first-order valence-corrected chi connectivity index (χ1v) is 18.3. The number of halogens is 2. The van der Waals surface area contributed by atoms with Gasteiger partial charge in [0.1, 0.15) is 26.8 Å². The molecule has 2 aliphatic rings. The van der Waals surface area contributed by atoms with Crippen molar-refractivity contribution in [2.24, 2.45) is 11.3 Å². The molecule has 1 saturated heterocycles. The van der Waals surface area contributed by atoms with Crippen LogP contribution >= 0.6 is 0 Å². The molecule has 2 fully saturated rings. The molecule has 4 aromatic rings. The lowest BCUT2D eigenvalue weighted by atomic mass is 9.98. The summed E-state index contributed by atoms with van der Waals surface area (Å²) in [7, 11) is -1.48. The maximum Gasteiger partial charge on any atom is 0.240 e. The third-order valence-electron chi connectivity index (χ3n) is 9.10. The molecule has 0 spiro atoms. The van der Waals surface area contributed by atoms with Gasteiger partial charge >= 0.3 is 0 Å². The molecule has 1 aliphatic heterocycles. The summed E-state index contributed by atoms with van der Waals surface area (Å²) in [6.07, 6.45) is 5.12. The number of hydrogen-bond acceptors (Lipinski definition) is 9. The van der Waals surface area contributed by atoms with Gasteiger partial charge in [-0.3, -0.25) is 14.6 Å². The topological polar surface area (TPSA) is 136 Å². The van der Waals surface area contributed by atoms with Crippen LogP contribution in [0, 0.1) is 23.0 Å². The molecule has 50 heavy (non-hydrogen) atoms. The third-order valence-corrected chi connectivity index (χ3v) is 10.0. The van der Waals surface area contributed by atoms with E-state index in [1.165, 1.54) is 49.9 Å². The number of hydrogen-bond donors (Lipinski definition) is 2. The van der Waals surface area contributed by atoms with Crippen LogP contribution in [-0.2, 0) is 19.4 Å². The highest BCUT2D eigenvalue weighted by molar-refractivity contribution is 7.90. The van der Waals surface area contributed by atoms with E-state index in [4.69, 9.17) is 14.2 Å². The van der Waals surface area contributed by atoms with Crippen LogP contribution in [0.2, 0.25) is 0 Å². The van der Waals surface area contributed by atoms with E-state index in [1.807, 2.05) is 0 Å². The van der Waals surface area contributed by atoms with Gasteiger partial charge in [0.2, 0.25) is 11.8 Å². The Hall–Kier alpha value is -4.82. The van der Waals surface area contributed by atoms with Crippen molar-refractivity contribution < 1.29 is 41.0 Å². The Morgan fingerprint density at radius 1 is 0.920 bits per heavy atom. The van der Waals surface area contributed by atoms with Crippen LogP contribution < -0.4 is 24.8 Å². The van der Waals surface area contributed by atoms with Crippen LogP contribution in [0.5, 0.6) is 23.0 Å². The Labute approximate surface area is 288 Å². The average molecular weight is 709 g/mol. The lowest BCUT2D eigenvalue weighted by molar-refractivity contribution is -0.131. The summed E-state index contributed by atoms with van der Waals surface area (Å²) in [6.45, 7) is 2.61. The molecule has 0 unspecified atom stereocenters. The van der Waals surface area contributed by atoms with Gasteiger partial charge in [-0.1, -0.05) is 12.1 Å². The number of benzene rings is 3. The number of carbonyl (C=O) groups excluding carboxylic acids is 2. The molecular formula is C36H38F2N4O7S. The quantitative estimate of drug-likeness (QED) is 0.165. The molecule has 2 heterocycles. The standard InChI is InChI=1S/C36H38F2N4O7S/c1-47-32-20-25-29(21-33(32)48-22-23-10-15-42(16-11-23)17-18-50(2,45)46)39-14-9-30(25)49-31-8-7-24(19-27(31)38)40-34(43)36(12-13-36)35(44)41-28-6-4-3-5-26(28)37/h3-9,14,19-21,23H,10-13,15-18,22H2,1-2H3,(H,40,43)(H,41,44). The summed E-state index contributed by atoms with van der Waals surface area (Å²) in [6, 6.07) is 14.7. The number of fused-ring (bicyclic) bond motifs is 1. The highest BCUT2D eigenvalue weighted by atomic mass is 32.2. The maximum absolute atomic E-state index is 15.3. The number of anilines is 2. The molecule has 0 radical (unpaired) electrons. The van der Waals surface area contributed by atoms with Gasteiger partial charge in [-0.25, -0.2) is 17.2 Å². The van der Waals surface area contributed by atoms with Gasteiger partial charge in [0, 0.05) is 42.2 Å². The van der Waals surface area contributed by atoms with E-state index in [0.717, 1.165) is 32.0 Å². The van der Waals surface area contributed by atoms with Gasteiger partial charge in [-0.05, 0) is 81.1 Å². The van der Waals surface area contributed by atoms with Crippen molar-refractivity contribution in [2.45, 2.75) is 25.7 Å². The van der Waals surface area contributed by atoms with E-state index in [1.54, 1.807) is 24.3 Å². The number of carbonyl (C=O) groups is 2. The normalized spacial score (nSPS) is 16.1. The van der Waals surface area contributed by atoms with E-state index in [0.29, 0.717) is 47.2 Å². The second-order valence-corrected chi connectivity index (χ2v) is 15.0. The van der Waals surface area contributed by atoms with Crippen LogP contribution in [0.25, 0.3) is 10.9 Å². The summed E-state index contributed by atoms with van der Waals surface area (Å²) in [5, 5.41) is 5.64. The van der Waals surface area contributed by atoms with Crippen molar-refractivity contribution in [3.05, 3.63) is 78.5 Å². The first-order valence-electron chi connectivity index (χ1n) is 16.3. The third kappa shape index (κ3) is 8.13. The first kappa shape index (κ1) is 35.0. The number of piperidine rings is 1. The molecular weight excluding hydrogens is 670 g/mol. The second kappa shape index (κ2) is 14.6. The SMILES string of the molecule is COc1cc2c(Oc3ccc(NC(=O)C4(C(=O)Nc5ccccc5F)CC4)cc3F)ccnc2cc1OCC1CCN(CCS(C)(=O)=O)CC1. The zero-order chi connectivity index (χ0) is 35.5. The van der Waals surface area contributed by atoms with Gasteiger partial charge in [0.05, 0.1) is 30.7 Å². The zero-order valence-electron chi connectivity index (χ0n) is 27.7. The maximum atomic E-state index is 15.3. The Morgan fingerprint density at radius 2 is 1.66 bits per heavy atom. The van der Waals surface area contributed by atoms with Crippen molar-refractivity contribution in [3.63, 3.8) is 0 Å². The van der Waals surface area contributed by atoms with E-state index in [2.05, 4.69) is 20.5 Å². The first-order chi connectivity index (χ1) is 23.9. The zero-order valence-corrected chi connectivity index (χ0v) is 28.5. The largest absolute Gasteiger partial charge is 0.493 e. The van der Waals surface area contributed by atoms with E-state index >= 15 is 4.39 Å². The summed E-state index contributed by atoms with van der Waals surface area (Å²) in [5.41, 5.74) is -0.717. The monoisotopic (exact) mass is 708 g/mol. The number of methoxy groups -OCH3 is 1. The Balaban J connectivity index is 1.09. The van der Waals surface area contributed by atoms with E-state index < -0.39 is 38.7 Å². The molecule has 14 heteroatoms. The van der Waals surface area contributed by atoms with Crippen LogP contribution in [0.15, 0.2) is 66.9 Å². The van der Waals surface area contributed by atoms with Crippen LogP contribution in [0.4, 0.5) is 20.2 Å². The van der Waals surface area contributed by atoms with Crippen molar-refractivity contribution in [1.82, 2.24) is 9.88 Å². The van der Waals surface area contributed by atoms with Crippen LogP contribution in [0.3, 0.4) is 0 Å². The fourth-order valence-corrected chi connectivity index (χ4v) is 6.48.